The number of carbonyl (C=O) groups excluding carboxylic acids is 1. The average molecular weight is 443 g/mol. The highest BCUT2D eigenvalue weighted by Gasteiger charge is 2.51. The van der Waals surface area contributed by atoms with Crippen LogP contribution in [0.1, 0.15) is 54.2 Å². The van der Waals surface area contributed by atoms with Crippen LogP contribution in [0, 0.1) is 0 Å². The smallest absolute Gasteiger partial charge is 0.444 e. The monoisotopic (exact) mass is 443 g/mol. The van der Waals surface area contributed by atoms with Crippen LogP contribution in [0.4, 0.5) is 4.79 Å². The van der Waals surface area contributed by atoms with Crippen molar-refractivity contribution in [2.75, 3.05) is 26.2 Å². The van der Waals surface area contributed by atoms with E-state index >= 15 is 0 Å². The number of benzene rings is 1. The highest BCUT2D eigenvalue weighted by Crippen LogP contribution is 2.36. The molecule has 0 bridgehead atoms. The topological polar surface area (TPSA) is 77.3 Å². The number of carbonyl (C=O) groups is 1. The Bertz CT molecular complexity index is 973. The lowest BCUT2D eigenvalue weighted by atomic mass is 9.78. The van der Waals surface area contributed by atoms with Gasteiger partial charge >= 0.3 is 13.2 Å². The molecule has 2 fully saturated rings. The summed E-state index contributed by atoms with van der Waals surface area (Å²) in [6, 6.07) is 5.95. The number of rotatable bonds is 3. The van der Waals surface area contributed by atoms with Gasteiger partial charge in [-0.3, -0.25) is 4.90 Å². The molecule has 3 heterocycles. The first-order valence-corrected chi connectivity index (χ1v) is 11.3. The third-order valence-electron chi connectivity index (χ3n) is 6.49. The molecule has 0 atom stereocenters. The molecule has 0 radical (unpaired) electrons. The van der Waals surface area contributed by atoms with Crippen LogP contribution in [0.25, 0.3) is 11.0 Å². The number of piperazine rings is 1. The molecule has 2 aliphatic rings. The summed E-state index contributed by atoms with van der Waals surface area (Å²) in [5.41, 5.74) is 1.31. The van der Waals surface area contributed by atoms with Gasteiger partial charge in [0.15, 0.2) is 5.58 Å². The number of hydrogen-bond acceptors (Lipinski definition) is 7. The quantitative estimate of drug-likeness (QED) is 0.675. The second-order valence-electron chi connectivity index (χ2n) is 10.7. The average Bonchev–Trinajstić information content (AvgIpc) is 3.17. The maximum absolute atomic E-state index is 12.3. The molecule has 32 heavy (non-hydrogen) atoms. The second-order valence-corrected chi connectivity index (χ2v) is 10.7. The minimum Gasteiger partial charge on any atom is -0.444 e. The Labute approximate surface area is 190 Å². The van der Waals surface area contributed by atoms with Gasteiger partial charge in [-0.2, -0.15) is 0 Å². The van der Waals surface area contributed by atoms with Crippen molar-refractivity contribution < 1.29 is 23.4 Å². The lowest BCUT2D eigenvalue weighted by Gasteiger charge is -2.35. The summed E-state index contributed by atoms with van der Waals surface area (Å²) >= 11 is 0. The van der Waals surface area contributed by atoms with Gasteiger partial charge in [0.2, 0.25) is 0 Å². The van der Waals surface area contributed by atoms with E-state index in [1.165, 1.54) is 0 Å². The highest BCUT2D eigenvalue weighted by atomic mass is 16.7. The molecule has 0 spiro atoms. The predicted molar refractivity (Wildman–Crippen MR) is 123 cm³/mol. The van der Waals surface area contributed by atoms with Gasteiger partial charge in [-0.05, 0) is 66.1 Å². The fourth-order valence-corrected chi connectivity index (χ4v) is 3.87. The zero-order valence-corrected chi connectivity index (χ0v) is 20.2. The third-order valence-corrected chi connectivity index (χ3v) is 6.49. The van der Waals surface area contributed by atoms with Crippen molar-refractivity contribution in [2.45, 2.75) is 71.8 Å². The maximum Gasteiger partial charge on any atom is 0.494 e. The van der Waals surface area contributed by atoms with Crippen molar-refractivity contribution in [1.82, 2.24) is 15.0 Å². The minimum absolute atomic E-state index is 0.254. The van der Waals surface area contributed by atoms with Crippen LogP contribution in [-0.2, 0) is 20.6 Å². The van der Waals surface area contributed by atoms with E-state index in [0.717, 1.165) is 35.2 Å². The molecule has 0 aliphatic carbocycles. The number of aromatic nitrogens is 1. The van der Waals surface area contributed by atoms with Crippen molar-refractivity contribution in [2.24, 2.45) is 0 Å². The first-order chi connectivity index (χ1) is 14.8. The molecule has 2 aliphatic heterocycles. The zero-order chi connectivity index (χ0) is 23.3. The van der Waals surface area contributed by atoms with E-state index in [0.29, 0.717) is 19.6 Å². The van der Waals surface area contributed by atoms with Crippen LogP contribution in [0.2, 0.25) is 0 Å². The molecule has 0 unspecified atom stereocenters. The molecule has 1 amide bonds. The Hall–Kier alpha value is -2.10. The first kappa shape index (κ1) is 23.1. The Morgan fingerprint density at radius 2 is 1.72 bits per heavy atom. The Balaban J connectivity index is 1.43. The fourth-order valence-electron chi connectivity index (χ4n) is 3.87. The zero-order valence-electron chi connectivity index (χ0n) is 20.2. The summed E-state index contributed by atoms with van der Waals surface area (Å²) < 4.78 is 23.4. The molecule has 0 saturated carbocycles. The van der Waals surface area contributed by atoms with Gasteiger partial charge < -0.3 is 23.5 Å². The summed E-state index contributed by atoms with van der Waals surface area (Å²) in [4.78, 5) is 16.3. The molecule has 1 aromatic heterocycles. The predicted octanol–water partition coefficient (Wildman–Crippen LogP) is 3.18. The second kappa shape index (κ2) is 8.04. The molecular weight excluding hydrogens is 409 g/mol. The lowest BCUT2D eigenvalue weighted by Crippen LogP contribution is -2.49. The van der Waals surface area contributed by atoms with Crippen molar-refractivity contribution in [3.05, 3.63) is 23.9 Å². The van der Waals surface area contributed by atoms with Crippen LogP contribution >= 0.6 is 0 Å². The van der Waals surface area contributed by atoms with Crippen molar-refractivity contribution >= 4 is 29.6 Å². The van der Waals surface area contributed by atoms with E-state index in [1.807, 2.05) is 60.6 Å². The fraction of sp³-hybridized carbons (Fsp3) is 0.652. The van der Waals surface area contributed by atoms with Gasteiger partial charge in [-0.15, -0.1) is 0 Å². The molecule has 2 aromatic rings. The van der Waals surface area contributed by atoms with Crippen LogP contribution < -0.4 is 5.46 Å². The van der Waals surface area contributed by atoms with Crippen molar-refractivity contribution in [1.29, 1.82) is 0 Å². The number of ether oxygens (including phenoxy) is 1. The van der Waals surface area contributed by atoms with E-state index in [4.69, 9.17) is 18.6 Å². The summed E-state index contributed by atoms with van der Waals surface area (Å²) in [5, 5.41) is 5.28. The molecule has 9 heteroatoms. The van der Waals surface area contributed by atoms with E-state index in [-0.39, 0.29) is 6.09 Å². The summed E-state index contributed by atoms with van der Waals surface area (Å²) in [6.07, 6.45) is -0.254. The SMILES string of the molecule is CC(C)(C)OC(=O)N1CCN(Cc2noc3ccc(B4OC(C)(C)C(C)(C)O4)cc23)CC1. The molecule has 8 nitrogen and oxygen atoms in total. The standard InChI is InChI=1S/C23H34BN3O5/c1-21(2,3)29-20(28)27-12-10-26(11-13-27)15-18-17-14-16(8-9-19(17)30-25-18)24-31-22(4,5)23(6,7)32-24/h8-9,14H,10-13,15H2,1-7H3. The van der Waals surface area contributed by atoms with Crippen molar-refractivity contribution in [3.8, 4) is 0 Å². The Morgan fingerprint density at radius 1 is 1.09 bits per heavy atom. The number of amides is 1. The van der Waals surface area contributed by atoms with E-state index in [1.54, 1.807) is 4.90 Å². The lowest BCUT2D eigenvalue weighted by molar-refractivity contribution is 0.00578. The summed E-state index contributed by atoms with van der Waals surface area (Å²) in [6.45, 7) is 17.3. The largest absolute Gasteiger partial charge is 0.494 e. The van der Waals surface area contributed by atoms with Gasteiger partial charge in [0, 0.05) is 38.1 Å². The van der Waals surface area contributed by atoms with Gasteiger partial charge in [0.1, 0.15) is 11.3 Å². The molecule has 174 valence electrons. The van der Waals surface area contributed by atoms with E-state index < -0.39 is 23.9 Å². The Kier molecular flexibility index (Phi) is 5.80. The van der Waals surface area contributed by atoms with Gasteiger partial charge in [0.25, 0.3) is 0 Å². The molecular formula is C23H34BN3O5. The number of hydrogen-bond donors (Lipinski definition) is 0. The van der Waals surface area contributed by atoms with Crippen LogP contribution in [0.3, 0.4) is 0 Å². The molecule has 2 saturated heterocycles. The van der Waals surface area contributed by atoms with Crippen LogP contribution in [-0.4, -0.2) is 71.2 Å². The maximum atomic E-state index is 12.3. The van der Waals surface area contributed by atoms with Crippen molar-refractivity contribution in [3.63, 3.8) is 0 Å². The van der Waals surface area contributed by atoms with E-state index in [9.17, 15) is 4.79 Å². The number of nitrogens with zero attached hydrogens (tertiary/aromatic N) is 3. The molecule has 4 rings (SSSR count). The van der Waals surface area contributed by atoms with Crippen LogP contribution in [0.5, 0.6) is 0 Å². The van der Waals surface area contributed by atoms with Gasteiger partial charge in [-0.1, -0.05) is 11.2 Å². The highest BCUT2D eigenvalue weighted by molar-refractivity contribution is 6.62. The van der Waals surface area contributed by atoms with Gasteiger partial charge in [-0.25, -0.2) is 4.79 Å². The van der Waals surface area contributed by atoms with Gasteiger partial charge in [0.05, 0.1) is 11.2 Å². The molecule has 0 N–H and O–H groups in total. The third kappa shape index (κ3) is 4.65. The molecule has 1 aromatic carbocycles. The Morgan fingerprint density at radius 3 is 2.31 bits per heavy atom. The minimum atomic E-state index is -0.483. The summed E-state index contributed by atoms with van der Waals surface area (Å²) in [5.74, 6) is 0. The first-order valence-electron chi connectivity index (χ1n) is 11.3. The number of fused-ring (bicyclic) bond motifs is 1. The van der Waals surface area contributed by atoms with Crippen LogP contribution in [0.15, 0.2) is 22.7 Å². The normalized spacial score (nSPS) is 21.3. The summed E-state index contributed by atoms with van der Waals surface area (Å²) in [7, 11) is -0.426. The van der Waals surface area contributed by atoms with E-state index in [2.05, 4.69) is 16.1 Å².